The molecule has 0 rings (SSSR count). The average Bonchev–Trinajstić information content (AvgIpc) is 2.54. The highest BCUT2D eigenvalue weighted by molar-refractivity contribution is 4.63. The van der Waals surface area contributed by atoms with E-state index in [1.54, 1.807) is 0 Å². The maximum Gasteiger partial charge on any atom is 0.383 e. The van der Waals surface area contributed by atoms with Gasteiger partial charge in [0.15, 0.2) is 0 Å². The van der Waals surface area contributed by atoms with Crippen molar-refractivity contribution in [3.8, 4) is 0 Å². The molecule has 0 radical (unpaired) electrons. The fourth-order valence-corrected chi connectivity index (χ4v) is 1.43. The van der Waals surface area contributed by atoms with Crippen LogP contribution in [-0.2, 0) is 33.2 Å². The molecule has 0 fully saturated rings. The van der Waals surface area contributed by atoms with Gasteiger partial charge in [-0.2, -0.15) is 17.6 Å². The molecule has 164 valence electrons. The van der Waals surface area contributed by atoms with Crippen LogP contribution in [0.3, 0.4) is 0 Å². The van der Waals surface area contributed by atoms with Crippen molar-refractivity contribution in [1.82, 2.24) is 0 Å². The predicted molar refractivity (Wildman–Crippen MR) is 78.1 cm³/mol. The maximum atomic E-state index is 13.3. The summed E-state index contributed by atoms with van der Waals surface area (Å²) in [5, 5.41) is 0. The minimum absolute atomic E-state index is 0.00498. The second-order valence-electron chi connectivity index (χ2n) is 5.14. The Hall–Kier alpha value is -0.700. The smallest absolute Gasteiger partial charge is 0.382 e. The van der Waals surface area contributed by atoms with Crippen molar-refractivity contribution in [2.24, 2.45) is 0 Å². The molecule has 0 aromatic heterocycles. The van der Waals surface area contributed by atoms with Gasteiger partial charge in [0.2, 0.25) is 0 Å². The molecule has 0 heterocycles. The highest BCUT2D eigenvalue weighted by atomic mass is 19.3. The highest BCUT2D eigenvalue weighted by Gasteiger charge is 2.44. The van der Waals surface area contributed by atoms with Gasteiger partial charge in [-0.1, -0.05) is 0 Å². The lowest BCUT2D eigenvalue weighted by atomic mass is 10.4. The van der Waals surface area contributed by atoms with Crippen LogP contribution in [0.4, 0.5) is 26.3 Å². The molecule has 0 atom stereocenters. The lowest BCUT2D eigenvalue weighted by Gasteiger charge is -2.23. The van der Waals surface area contributed by atoms with Crippen LogP contribution in [0.2, 0.25) is 0 Å². The Morgan fingerprint density at radius 3 is 1.48 bits per heavy atom. The molecule has 0 aromatic carbocycles. The van der Waals surface area contributed by atoms with Gasteiger partial charge in [0, 0.05) is 14.2 Å². The first-order valence-corrected chi connectivity index (χ1v) is 7.66. The van der Waals surface area contributed by atoms with Crippen molar-refractivity contribution >= 4 is 0 Å². The van der Waals surface area contributed by atoms with Crippen molar-refractivity contribution < 1.29 is 59.5 Å². The third-order valence-electron chi connectivity index (χ3n) is 2.50. The molecule has 0 aliphatic heterocycles. The molecular formula is C14H24F6O7. The minimum Gasteiger partial charge on any atom is -0.382 e. The molecule has 0 N–H and O–H groups in total. The molecule has 0 aromatic rings. The SMILES string of the molecule is COCCOCC(F)(F)COCOCC(F)(F)OC(F)(F)COCCOC. The maximum absolute atomic E-state index is 13.3. The first-order chi connectivity index (χ1) is 12.5. The molecule has 0 aliphatic carbocycles. The zero-order valence-electron chi connectivity index (χ0n) is 15.0. The first kappa shape index (κ1) is 26.3. The van der Waals surface area contributed by atoms with E-state index in [2.05, 4.69) is 33.2 Å². The Kier molecular flexibility index (Phi) is 13.1. The Bertz CT molecular complexity index is 374. The Labute approximate surface area is 152 Å². The van der Waals surface area contributed by atoms with Crippen molar-refractivity contribution in [2.75, 3.05) is 73.9 Å². The van der Waals surface area contributed by atoms with Crippen LogP contribution >= 0.6 is 0 Å². The number of halogens is 6. The monoisotopic (exact) mass is 418 g/mol. The molecule has 13 heteroatoms. The van der Waals surface area contributed by atoms with Crippen LogP contribution in [0.15, 0.2) is 0 Å². The summed E-state index contributed by atoms with van der Waals surface area (Å²) in [6, 6.07) is 0. The van der Waals surface area contributed by atoms with E-state index in [1.165, 1.54) is 14.2 Å². The van der Waals surface area contributed by atoms with Gasteiger partial charge in [-0.05, 0) is 0 Å². The summed E-state index contributed by atoms with van der Waals surface area (Å²) >= 11 is 0. The highest BCUT2D eigenvalue weighted by Crippen LogP contribution is 2.27. The van der Waals surface area contributed by atoms with Gasteiger partial charge >= 0.3 is 12.2 Å². The largest absolute Gasteiger partial charge is 0.383 e. The summed E-state index contributed by atoms with van der Waals surface area (Å²) in [6.45, 7) is -6.35. The van der Waals surface area contributed by atoms with E-state index in [0.29, 0.717) is 0 Å². The molecule has 0 spiro atoms. The topological polar surface area (TPSA) is 64.6 Å². The Balaban J connectivity index is 3.96. The van der Waals surface area contributed by atoms with Gasteiger partial charge in [-0.15, -0.1) is 0 Å². The van der Waals surface area contributed by atoms with Gasteiger partial charge in [0.1, 0.15) is 33.2 Å². The van der Waals surface area contributed by atoms with Crippen LogP contribution < -0.4 is 0 Å². The van der Waals surface area contributed by atoms with E-state index in [-0.39, 0.29) is 26.4 Å². The fraction of sp³-hybridized carbons (Fsp3) is 1.00. The van der Waals surface area contributed by atoms with Crippen LogP contribution in [0.25, 0.3) is 0 Å². The summed E-state index contributed by atoms with van der Waals surface area (Å²) in [5.41, 5.74) is 0. The number of ether oxygens (including phenoxy) is 7. The van der Waals surface area contributed by atoms with Gasteiger partial charge in [-0.25, -0.2) is 8.78 Å². The zero-order valence-corrected chi connectivity index (χ0v) is 15.0. The van der Waals surface area contributed by atoms with Crippen LogP contribution in [-0.4, -0.2) is 92.0 Å². The molecule has 0 saturated heterocycles. The zero-order chi connectivity index (χ0) is 20.8. The number of alkyl halides is 6. The third-order valence-corrected chi connectivity index (χ3v) is 2.50. The summed E-state index contributed by atoms with van der Waals surface area (Å²) in [4.78, 5) is 0. The standard InChI is InChI=1S/C14H24F6O7/c1-21-3-5-23-7-12(15,16)8-25-11-26-10-14(19,20)27-13(17,18)9-24-6-4-22-2/h3-11H2,1-2H3. The van der Waals surface area contributed by atoms with Crippen LogP contribution in [0, 0.1) is 0 Å². The van der Waals surface area contributed by atoms with E-state index >= 15 is 0 Å². The average molecular weight is 418 g/mol. The molecule has 0 unspecified atom stereocenters. The van der Waals surface area contributed by atoms with E-state index in [1.807, 2.05) is 0 Å². The molecule has 7 nitrogen and oxygen atoms in total. The summed E-state index contributed by atoms with van der Waals surface area (Å²) < 4.78 is 109. The predicted octanol–water partition coefficient (Wildman–Crippen LogP) is 2.14. The van der Waals surface area contributed by atoms with Gasteiger partial charge in [0.25, 0.3) is 5.92 Å². The molecule has 27 heavy (non-hydrogen) atoms. The Morgan fingerprint density at radius 1 is 0.556 bits per heavy atom. The second-order valence-corrected chi connectivity index (χ2v) is 5.14. The molecule has 0 aliphatic rings. The minimum atomic E-state index is -4.39. The van der Waals surface area contributed by atoms with E-state index in [0.717, 1.165) is 0 Å². The number of rotatable bonds is 18. The van der Waals surface area contributed by atoms with Crippen molar-refractivity contribution in [3.63, 3.8) is 0 Å². The van der Waals surface area contributed by atoms with Crippen molar-refractivity contribution in [1.29, 1.82) is 0 Å². The summed E-state index contributed by atoms with van der Waals surface area (Å²) in [5.74, 6) is -3.39. The van der Waals surface area contributed by atoms with E-state index in [4.69, 9.17) is 0 Å². The fourth-order valence-electron chi connectivity index (χ4n) is 1.43. The normalized spacial score (nSPS) is 13.3. The number of hydrogen-bond donors (Lipinski definition) is 0. The molecular weight excluding hydrogens is 394 g/mol. The lowest BCUT2D eigenvalue weighted by molar-refractivity contribution is -0.396. The quantitative estimate of drug-likeness (QED) is 0.192. The second kappa shape index (κ2) is 13.5. The number of methoxy groups -OCH3 is 2. The van der Waals surface area contributed by atoms with Gasteiger partial charge in [-0.3, -0.25) is 4.74 Å². The number of hydrogen-bond acceptors (Lipinski definition) is 7. The van der Waals surface area contributed by atoms with E-state index < -0.39 is 51.4 Å². The first-order valence-electron chi connectivity index (χ1n) is 7.66. The van der Waals surface area contributed by atoms with E-state index in [9.17, 15) is 26.3 Å². The van der Waals surface area contributed by atoms with Gasteiger partial charge < -0.3 is 28.4 Å². The van der Waals surface area contributed by atoms with Crippen LogP contribution in [0.5, 0.6) is 0 Å². The summed E-state index contributed by atoms with van der Waals surface area (Å²) in [7, 11) is 2.67. The summed E-state index contributed by atoms with van der Waals surface area (Å²) in [6.07, 6.45) is -8.67. The molecule has 0 bridgehead atoms. The van der Waals surface area contributed by atoms with Crippen LogP contribution in [0.1, 0.15) is 0 Å². The molecule has 0 saturated carbocycles. The van der Waals surface area contributed by atoms with Crippen molar-refractivity contribution in [2.45, 2.75) is 18.1 Å². The van der Waals surface area contributed by atoms with Crippen molar-refractivity contribution in [3.05, 3.63) is 0 Å². The van der Waals surface area contributed by atoms with Gasteiger partial charge in [0.05, 0.1) is 26.4 Å². The third kappa shape index (κ3) is 16.0. The molecule has 0 amide bonds. The Morgan fingerprint density at radius 2 is 0.963 bits per heavy atom. The lowest BCUT2D eigenvalue weighted by Crippen LogP contribution is -2.40.